The van der Waals surface area contributed by atoms with Crippen LogP contribution in [0.1, 0.15) is 37.8 Å². The molecule has 132 valence electrons. The van der Waals surface area contributed by atoms with E-state index in [0.717, 1.165) is 31.6 Å². The highest BCUT2D eigenvalue weighted by Gasteiger charge is 2.16. The van der Waals surface area contributed by atoms with E-state index in [9.17, 15) is 9.59 Å². The van der Waals surface area contributed by atoms with Crippen molar-refractivity contribution in [2.24, 2.45) is 0 Å². The number of carbonyl (C=O) groups excluding carboxylic acids is 2. The minimum Gasteiger partial charge on any atom is -0.344 e. The third kappa shape index (κ3) is 6.18. The van der Waals surface area contributed by atoms with Gasteiger partial charge in [-0.05, 0) is 25.0 Å². The Morgan fingerprint density at radius 1 is 1.17 bits per heavy atom. The topological polar surface area (TPSA) is 65.5 Å². The van der Waals surface area contributed by atoms with Gasteiger partial charge in [-0.15, -0.1) is 0 Å². The smallest absolute Gasteiger partial charge is 0.317 e. The van der Waals surface area contributed by atoms with Gasteiger partial charge in [-0.1, -0.05) is 25.3 Å². The van der Waals surface area contributed by atoms with Crippen LogP contribution in [0.5, 0.6) is 0 Å². The second kappa shape index (κ2) is 9.90. The number of carbonyl (C=O) groups is 2. The summed E-state index contributed by atoms with van der Waals surface area (Å²) in [4.78, 5) is 32.1. The summed E-state index contributed by atoms with van der Waals surface area (Å²) < 4.78 is 0. The number of likely N-dealkylation sites (tertiary alicyclic amines) is 1. The molecule has 1 saturated heterocycles. The van der Waals surface area contributed by atoms with Crippen LogP contribution < -0.4 is 5.32 Å². The van der Waals surface area contributed by atoms with Crippen LogP contribution in [0.2, 0.25) is 0 Å². The Bertz CT molecular complexity index is 513. The van der Waals surface area contributed by atoms with Gasteiger partial charge in [0.15, 0.2) is 0 Å². The molecule has 0 aliphatic carbocycles. The molecule has 1 aliphatic rings. The summed E-state index contributed by atoms with van der Waals surface area (Å²) in [5.41, 5.74) is 0.960. The number of nitrogens with zero attached hydrogens (tertiary/aromatic N) is 3. The summed E-state index contributed by atoms with van der Waals surface area (Å²) in [6.45, 7) is 2.22. The Morgan fingerprint density at radius 2 is 1.88 bits per heavy atom. The summed E-state index contributed by atoms with van der Waals surface area (Å²) in [5, 5.41) is 2.76. The predicted molar refractivity (Wildman–Crippen MR) is 93.6 cm³/mol. The van der Waals surface area contributed by atoms with E-state index < -0.39 is 0 Å². The molecule has 0 spiro atoms. The maximum absolute atomic E-state index is 12.2. The lowest BCUT2D eigenvalue weighted by atomic mass is 10.1. The van der Waals surface area contributed by atoms with Gasteiger partial charge in [0, 0.05) is 45.0 Å². The number of pyridine rings is 1. The zero-order valence-electron chi connectivity index (χ0n) is 14.5. The normalized spacial score (nSPS) is 15.3. The number of likely N-dealkylation sites (N-methyl/N-ethyl adjacent to an activating group) is 1. The number of hydrogen-bond acceptors (Lipinski definition) is 3. The molecule has 0 aromatic carbocycles. The van der Waals surface area contributed by atoms with E-state index in [1.54, 1.807) is 18.1 Å². The standard InChI is InChI=1S/C18H28N4O2/c1-21(14-10-16-9-5-6-11-19-16)17(23)15-20-18(24)22-12-7-3-2-4-8-13-22/h5-6,9,11H,2-4,7-8,10,12-15H2,1H3,(H,20,24). The Kier molecular flexibility index (Phi) is 7.52. The van der Waals surface area contributed by atoms with Crippen LogP contribution in [-0.4, -0.2) is 59.9 Å². The fraction of sp³-hybridized carbons (Fsp3) is 0.611. The molecule has 0 bridgehead atoms. The van der Waals surface area contributed by atoms with Crippen LogP contribution in [-0.2, 0) is 11.2 Å². The van der Waals surface area contributed by atoms with Gasteiger partial charge in [-0.25, -0.2) is 4.79 Å². The Morgan fingerprint density at radius 3 is 2.54 bits per heavy atom. The molecule has 1 aliphatic heterocycles. The van der Waals surface area contributed by atoms with Gasteiger partial charge in [0.05, 0.1) is 6.54 Å². The molecule has 1 aromatic rings. The van der Waals surface area contributed by atoms with Crippen LogP contribution in [0.15, 0.2) is 24.4 Å². The third-order valence-electron chi connectivity index (χ3n) is 4.39. The molecule has 0 atom stereocenters. The molecule has 6 heteroatoms. The van der Waals surface area contributed by atoms with E-state index in [-0.39, 0.29) is 18.5 Å². The van der Waals surface area contributed by atoms with Gasteiger partial charge in [0.1, 0.15) is 0 Å². The van der Waals surface area contributed by atoms with Crippen molar-refractivity contribution in [3.63, 3.8) is 0 Å². The largest absolute Gasteiger partial charge is 0.344 e. The minimum atomic E-state index is -0.122. The van der Waals surface area contributed by atoms with Crippen molar-refractivity contribution < 1.29 is 9.59 Å². The van der Waals surface area contributed by atoms with Crippen molar-refractivity contribution in [1.82, 2.24) is 20.1 Å². The highest BCUT2D eigenvalue weighted by Crippen LogP contribution is 2.10. The molecule has 6 nitrogen and oxygen atoms in total. The number of amides is 3. The van der Waals surface area contributed by atoms with Crippen LogP contribution in [0.3, 0.4) is 0 Å². The lowest BCUT2D eigenvalue weighted by Crippen LogP contribution is -2.46. The first-order valence-corrected chi connectivity index (χ1v) is 8.83. The summed E-state index contributed by atoms with van der Waals surface area (Å²) in [6.07, 6.45) is 8.17. The lowest BCUT2D eigenvalue weighted by Gasteiger charge is -2.25. The van der Waals surface area contributed by atoms with Gasteiger partial charge in [0.25, 0.3) is 0 Å². The Hall–Kier alpha value is -2.11. The first kappa shape index (κ1) is 18.2. The van der Waals surface area contributed by atoms with E-state index in [0.29, 0.717) is 13.0 Å². The van der Waals surface area contributed by atoms with E-state index in [1.807, 2.05) is 23.1 Å². The van der Waals surface area contributed by atoms with Crippen molar-refractivity contribution in [3.8, 4) is 0 Å². The highest BCUT2D eigenvalue weighted by atomic mass is 16.2. The number of urea groups is 1. The fourth-order valence-corrected chi connectivity index (χ4v) is 2.80. The molecule has 24 heavy (non-hydrogen) atoms. The summed E-state index contributed by atoms with van der Waals surface area (Å²) in [5.74, 6) is -0.0775. The van der Waals surface area contributed by atoms with Gasteiger partial charge >= 0.3 is 6.03 Å². The van der Waals surface area contributed by atoms with Crippen molar-refractivity contribution in [2.75, 3.05) is 33.2 Å². The van der Waals surface area contributed by atoms with Gasteiger partial charge in [-0.2, -0.15) is 0 Å². The fourth-order valence-electron chi connectivity index (χ4n) is 2.80. The maximum atomic E-state index is 12.2. The second-order valence-electron chi connectivity index (χ2n) is 6.30. The summed E-state index contributed by atoms with van der Waals surface area (Å²) in [6, 6.07) is 5.64. The zero-order chi connectivity index (χ0) is 17.2. The predicted octanol–water partition coefficient (Wildman–Crippen LogP) is 2.06. The van der Waals surface area contributed by atoms with Crippen LogP contribution in [0, 0.1) is 0 Å². The SMILES string of the molecule is CN(CCc1ccccn1)C(=O)CNC(=O)N1CCCCCCC1. The average molecular weight is 332 g/mol. The Balaban J connectivity index is 1.69. The molecule has 0 unspecified atom stereocenters. The molecule has 2 heterocycles. The zero-order valence-corrected chi connectivity index (χ0v) is 14.5. The molecule has 0 radical (unpaired) electrons. The monoisotopic (exact) mass is 332 g/mol. The molecule has 3 amide bonds. The third-order valence-corrected chi connectivity index (χ3v) is 4.39. The van der Waals surface area contributed by atoms with Gasteiger partial charge < -0.3 is 15.1 Å². The summed E-state index contributed by atoms with van der Waals surface area (Å²) >= 11 is 0. The van der Waals surface area contributed by atoms with Gasteiger partial charge in [-0.3, -0.25) is 9.78 Å². The van der Waals surface area contributed by atoms with Gasteiger partial charge in [0.2, 0.25) is 5.91 Å². The molecule has 0 saturated carbocycles. The van der Waals surface area contributed by atoms with Crippen LogP contribution in [0.4, 0.5) is 4.79 Å². The van der Waals surface area contributed by atoms with E-state index in [1.165, 1.54) is 19.3 Å². The van der Waals surface area contributed by atoms with Crippen molar-refractivity contribution in [1.29, 1.82) is 0 Å². The first-order valence-electron chi connectivity index (χ1n) is 8.83. The highest BCUT2D eigenvalue weighted by molar-refractivity contribution is 5.83. The van der Waals surface area contributed by atoms with Crippen molar-refractivity contribution in [2.45, 2.75) is 38.5 Å². The summed E-state index contributed by atoms with van der Waals surface area (Å²) in [7, 11) is 1.76. The molecule has 2 rings (SSSR count). The number of hydrogen-bond donors (Lipinski definition) is 1. The molecule has 1 fully saturated rings. The van der Waals surface area contributed by atoms with E-state index >= 15 is 0 Å². The molecular formula is C18H28N4O2. The van der Waals surface area contributed by atoms with Crippen LogP contribution in [0.25, 0.3) is 0 Å². The maximum Gasteiger partial charge on any atom is 0.317 e. The second-order valence-corrected chi connectivity index (χ2v) is 6.30. The van der Waals surface area contributed by atoms with Crippen molar-refractivity contribution in [3.05, 3.63) is 30.1 Å². The average Bonchev–Trinajstić information content (AvgIpc) is 2.58. The lowest BCUT2D eigenvalue weighted by molar-refractivity contribution is -0.128. The molecule has 1 aromatic heterocycles. The van der Waals surface area contributed by atoms with Crippen molar-refractivity contribution >= 4 is 11.9 Å². The number of rotatable bonds is 5. The van der Waals surface area contributed by atoms with Crippen LogP contribution >= 0.6 is 0 Å². The minimum absolute atomic E-state index is 0.0497. The van der Waals surface area contributed by atoms with E-state index in [4.69, 9.17) is 0 Å². The molecule has 1 N–H and O–H groups in total. The molecular weight excluding hydrogens is 304 g/mol. The first-order chi connectivity index (χ1) is 11.7. The Labute approximate surface area is 144 Å². The quantitative estimate of drug-likeness (QED) is 0.897. The number of aromatic nitrogens is 1. The van der Waals surface area contributed by atoms with E-state index in [2.05, 4.69) is 10.3 Å². The number of nitrogens with one attached hydrogen (secondary N) is 1.